The molecule has 2 heteroatoms. The van der Waals surface area contributed by atoms with Gasteiger partial charge in [-0.1, -0.05) is 12.2 Å². The Balaban J connectivity index is 1.92. The molecule has 3 aliphatic rings. The maximum atomic E-state index is 9.93. The number of rotatable bonds is 1. The van der Waals surface area contributed by atoms with Gasteiger partial charge in [0.1, 0.15) is 0 Å². The molecule has 2 nitrogen and oxygen atoms in total. The second-order valence-corrected chi connectivity index (χ2v) is 4.90. The van der Waals surface area contributed by atoms with E-state index in [9.17, 15) is 5.11 Å². The van der Waals surface area contributed by atoms with E-state index in [1.165, 1.54) is 6.42 Å². The van der Waals surface area contributed by atoms with Crippen molar-refractivity contribution in [3.63, 3.8) is 0 Å². The fourth-order valence-electron chi connectivity index (χ4n) is 3.98. The molecule has 2 bridgehead atoms. The third-order valence-corrected chi connectivity index (χ3v) is 4.42. The van der Waals surface area contributed by atoms with Gasteiger partial charge in [-0.3, -0.25) is 0 Å². The standard InChI is InChI=1S/C11H17NO/c12-5-8-4-9(13)11-7-2-1-6(3-7)10(8)11/h1-2,6-11,13H,3-5,12H2/t6-,7+,8+,9-,10+,11-/m1/s1. The summed E-state index contributed by atoms with van der Waals surface area (Å²) >= 11 is 0. The lowest BCUT2D eigenvalue weighted by Crippen LogP contribution is -2.26. The SMILES string of the molecule is NC[C@@H]1C[C@@H](O)[C@@H]2[C@H]1[C@@H]1C=C[C@H]2C1. The van der Waals surface area contributed by atoms with Crippen molar-refractivity contribution in [1.82, 2.24) is 0 Å². The fourth-order valence-corrected chi connectivity index (χ4v) is 3.98. The van der Waals surface area contributed by atoms with Gasteiger partial charge in [-0.05, 0) is 49.0 Å². The van der Waals surface area contributed by atoms with Crippen LogP contribution in [-0.2, 0) is 0 Å². The molecule has 13 heavy (non-hydrogen) atoms. The first-order valence-electron chi connectivity index (χ1n) is 5.37. The van der Waals surface area contributed by atoms with Crippen LogP contribution in [0, 0.1) is 29.6 Å². The van der Waals surface area contributed by atoms with Gasteiger partial charge in [0.25, 0.3) is 0 Å². The van der Waals surface area contributed by atoms with Gasteiger partial charge < -0.3 is 10.8 Å². The molecule has 0 unspecified atom stereocenters. The lowest BCUT2D eigenvalue weighted by molar-refractivity contribution is 0.108. The summed E-state index contributed by atoms with van der Waals surface area (Å²) in [5.74, 6) is 3.24. The molecule has 0 amide bonds. The highest BCUT2D eigenvalue weighted by molar-refractivity contribution is 5.18. The maximum Gasteiger partial charge on any atom is 0.0580 e. The molecule has 0 radical (unpaired) electrons. The summed E-state index contributed by atoms with van der Waals surface area (Å²) in [6.07, 6.45) is 6.82. The second kappa shape index (κ2) is 2.58. The van der Waals surface area contributed by atoms with Gasteiger partial charge in [-0.25, -0.2) is 0 Å². The van der Waals surface area contributed by atoms with Crippen LogP contribution < -0.4 is 5.73 Å². The van der Waals surface area contributed by atoms with Crippen molar-refractivity contribution in [3.05, 3.63) is 12.2 Å². The Hall–Kier alpha value is -0.340. The predicted octanol–water partition coefficient (Wildman–Crippen LogP) is 0.764. The lowest BCUT2D eigenvalue weighted by atomic mass is 9.81. The Morgan fingerprint density at radius 3 is 2.54 bits per heavy atom. The Bertz CT molecular complexity index is 250. The van der Waals surface area contributed by atoms with Crippen LogP contribution in [0.2, 0.25) is 0 Å². The van der Waals surface area contributed by atoms with Gasteiger partial charge in [0, 0.05) is 0 Å². The zero-order valence-corrected chi connectivity index (χ0v) is 7.76. The maximum absolute atomic E-state index is 9.93. The first kappa shape index (κ1) is 8.01. The van der Waals surface area contributed by atoms with E-state index in [1.54, 1.807) is 0 Å². The molecule has 0 aromatic rings. The van der Waals surface area contributed by atoms with Crippen LogP contribution in [0.1, 0.15) is 12.8 Å². The monoisotopic (exact) mass is 179 g/mol. The summed E-state index contributed by atoms with van der Waals surface area (Å²) in [4.78, 5) is 0. The number of fused-ring (bicyclic) bond motifs is 5. The van der Waals surface area contributed by atoms with Gasteiger partial charge in [0.05, 0.1) is 6.10 Å². The van der Waals surface area contributed by atoms with Crippen LogP contribution in [0.15, 0.2) is 12.2 Å². The molecule has 0 saturated heterocycles. The van der Waals surface area contributed by atoms with Gasteiger partial charge in [-0.2, -0.15) is 0 Å². The zero-order chi connectivity index (χ0) is 9.00. The topological polar surface area (TPSA) is 46.2 Å². The first-order valence-corrected chi connectivity index (χ1v) is 5.37. The smallest absolute Gasteiger partial charge is 0.0580 e. The van der Waals surface area contributed by atoms with E-state index in [2.05, 4.69) is 12.2 Å². The summed E-state index contributed by atoms with van der Waals surface area (Å²) < 4.78 is 0. The van der Waals surface area contributed by atoms with E-state index in [4.69, 9.17) is 5.73 Å². The average molecular weight is 179 g/mol. The van der Waals surface area contributed by atoms with Crippen molar-refractivity contribution < 1.29 is 5.11 Å². The molecule has 3 N–H and O–H groups in total. The first-order chi connectivity index (χ1) is 6.31. The molecule has 0 aliphatic heterocycles. The molecule has 3 aliphatic carbocycles. The Morgan fingerprint density at radius 1 is 1.15 bits per heavy atom. The van der Waals surface area contributed by atoms with E-state index in [1.807, 2.05) is 0 Å². The summed E-state index contributed by atoms with van der Waals surface area (Å²) in [5, 5.41) is 9.93. The highest BCUT2D eigenvalue weighted by Crippen LogP contribution is 2.57. The quantitative estimate of drug-likeness (QED) is 0.584. The number of aliphatic hydroxyl groups excluding tert-OH is 1. The molecule has 0 heterocycles. The number of allylic oxidation sites excluding steroid dienone is 2. The fraction of sp³-hybridized carbons (Fsp3) is 0.818. The van der Waals surface area contributed by atoms with Crippen molar-refractivity contribution >= 4 is 0 Å². The number of hydrogen-bond donors (Lipinski definition) is 2. The van der Waals surface area contributed by atoms with Crippen LogP contribution in [-0.4, -0.2) is 17.8 Å². The largest absolute Gasteiger partial charge is 0.393 e. The van der Waals surface area contributed by atoms with E-state index in [0.717, 1.165) is 18.9 Å². The van der Waals surface area contributed by atoms with Crippen LogP contribution >= 0.6 is 0 Å². The highest BCUT2D eigenvalue weighted by Gasteiger charge is 2.54. The van der Waals surface area contributed by atoms with E-state index in [0.29, 0.717) is 23.7 Å². The molecule has 0 spiro atoms. The van der Waals surface area contributed by atoms with Crippen molar-refractivity contribution in [1.29, 1.82) is 0 Å². The summed E-state index contributed by atoms with van der Waals surface area (Å²) in [6, 6.07) is 0. The van der Waals surface area contributed by atoms with E-state index < -0.39 is 0 Å². The number of nitrogens with two attached hydrogens (primary N) is 1. The Kier molecular flexibility index (Phi) is 1.59. The zero-order valence-electron chi connectivity index (χ0n) is 7.76. The Morgan fingerprint density at radius 2 is 1.85 bits per heavy atom. The Labute approximate surface area is 78.8 Å². The minimum absolute atomic E-state index is 0.0708. The third kappa shape index (κ3) is 0.906. The van der Waals surface area contributed by atoms with Gasteiger partial charge in [0.2, 0.25) is 0 Å². The number of hydrogen-bond acceptors (Lipinski definition) is 2. The van der Waals surface area contributed by atoms with Gasteiger partial charge in [-0.15, -0.1) is 0 Å². The van der Waals surface area contributed by atoms with Crippen LogP contribution in [0.4, 0.5) is 0 Å². The van der Waals surface area contributed by atoms with Crippen molar-refractivity contribution in [2.75, 3.05) is 6.54 Å². The molecule has 2 fully saturated rings. The van der Waals surface area contributed by atoms with E-state index in [-0.39, 0.29) is 6.10 Å². The molecular weight excluding hydrogens is 162 g/mol. The minimum Gasteiger partial charge on any atom is -0.393 e. The van der Waals surface area contributed by atoms with E-state index >= 15 is 0 Å². The van der Waals surface area contributed by atoms with Gasteiger partial charge >= 0.3 is 0 Å². The molecule has 72 valence electrons. The van der Waals surface area contributed by atoms with Crippen molar-refractivity contribution in [2.45, 2.75) is 18.9 Å². The summed E-state index contributed by atoms with van der Waals surface area (Å²) in [7, 11) is 0. The van der Waals surface area contributed by atoms with Gasteiger partial charge in [0.15, 0.2) is 0 Å². The average Bonchev–Trinajstić information content (AvgIpc) is 2.76. The summed E-state index contributed by atoms with van der Waals surface area (Å²) in [5.41, 5.74) is 5.75. The lowest BCUT2D eigenvalue weighted by Gasteiger charge is -2.25. The predicted molar refractivity (Wildman–Crippen MR) is 50.9 cm³/mol. The normalized spacial score (nSPS) is 57.4. The molecule has 0 aromatic carbocycles. The second-order valence-electron chi connectivity index (χ2n) is 4.90. The molecular formula is C11H17NO. The van der Waals surface area contributed by atoms with Crippen LogP contribution in [0.3, 0.4) is 0 Å². The molecule has 3 rings (SSSR count). The van der Waals surface area contributed by atoms with Crippen LogP contribution in [0.5, 0.6) is 0 Å². The van der Waals surface area contributed by atoms with Crippen molar-refractivity contribution in [2.24, 2.45) is 35.3 Å². The molecule has 6 atom stereocenters. The van der Waals surface area contributed by atoms with Crippen LogP contribution in [0.25, 0.3) is 0 Å². The van der Waals surface area contributed by atoms with Crippen molar-refractivity contribution in [3.8, 4) is 0 Å². The number of aliphatic hydroxyl groups is 1. The highest BCUT2D eigenvalue weighted by atomic mass is 16.3. The summed E-state index contributed by atoms with van der Waals surface area (Å²) in [6.45, 7) is 0.759. The minimum atomic E-state index is -0.0708. The third-order valence-electron chi connectivity index (χ3n) is 4.42. The molecule has 0 aromatic heterocycles. The molecule has 2 saturated carbocycles.